The molecule has 0 radical (unpaired) electrons. The molecule has 2 rings (SSSR count). The van der Waals surface area contributed by atoms with Gasteiger partial charge in [0.15, 0.2) is 10.4 Å². The molecule has 5 heteroatoms. The molecule has 1 aromatic heterocycles. The maximum absolute atomic E-state index is 5.77. The molecule has 0 amide bonds. The number of halogens is 1. The lowest BCUT2D eigenvalue weighted by Crippen LogP contribution is -2.13. The highest BCUT2D eigenvalue weighted by molar-refractivity contribution is 9.10. The molecular formula is C6H9BrN4. The molecular weight excluding hydrogens is 208 g/mol. The zero-order valence-electron chi connectivity index (χ0n) is 6.21. The summed E-state index contributed by atoms with van der Waals surface area (Å²) in [6.07, 6.45) is 0. The van der Waals surface area contributed by atoms with Gasteiger partial charge >= 0.3 is 0 Å². The van der Waals surface area contributed by atoms with Crippen LogP contribution in [0.1, 0.15) is 0 Å². The Hall–Kier alpha value is -0.710. The number of nitrogens with two attached hydrogens (primary N) is 1. The standard InChI is InChI=1S/C6H9BrN4/c1-10-2-3-11-6(10)4(8)5(7)9-11/h2-3,8H2,1H3. The molecule has 0 bridgehead atoms. The van der Waals surface area contributed by atoms with Crippen LogP contribution in [-0.4, -0.2) is 23.4 Å². The van der Waals surface area contributed by atoms with E-state index < -0.39 is 0 Å². The van der Waals surface area contributed by atoms with Gasteiger partial charge in [-0.25, -0.2) is 4.68 Å². The zero-order chi connectivity index (χ0) is 8.01. The first-order valence-corrected chi connectivity index (χ1v) is 4.22. The van der Waals surface area contributed by atoms with Crippen LogP contribution in [0, 0.1) is 0 Å². The summed E-state index contributed by atoms with van der Waals surface area (Å²) in [7, 11) is 2.02. The van der Waals surface area contributed by atoms with Crippen LogP contribution in [0.25, 0.3) is 0 Å². The summed E-state index contributed by atoms with van der Waals surface area (Å²) in [5.41, 5.74) is 6.51. The van der Waals surface area contributed by atoms with Gasteiger partial charge in [0.25, 0.3) is 0 Å². The Balaban J connectivity index is 2.58. The van der Waals surface area contributed by atoms with Crippen molar-refractivity contribution in [2.75, 3.05) is 24.2 Å². The van der Waals surface area contributed by atoms with E-state index in [9.17, 15) is 0 Å². The van der Waals surface area contributed by atoms with E-state index in [-0.39, 0.29) is 0 Å². The van der Waals surface area contributed by atoms with Crippen molar-refractivity contribution in [3.05, 3.63) is 4.60 Å². The fourth-order valence-electron chi connectivity index (χ4n) is 1.35. The highest BCUT2D eigenvalue weighted by Crippen LogP contribution is 2.32. The molecule has 60 valence electrons. The van der Waals surface area contributed by atoms with Crippen LogP contribution in [0.2, 0.25) is 0 Å². The molecule has 0 spiro atoms. The second kappa shape index (κ2) is 2.14. The van der Waals surface area contributed by atoms with Crippen LogP contribution in [0.5, 0.6) is 0 Å². The van der Waals surface area contributed by atoms with Crippen LogP contribution in [0.4, 0.5) is 11.5 Å². The molecule has 11 heavy (non-hydrogen) atoms. The average molecular weight is 217 g/mol. The molecule has 0 atom stereocenters. The summed E-state index contributed by atoms with van der Waals surface area (Å²) in [5, 5.41) is 4.21. The topological polar surface area (TPSA) is 47.1 Å². The highest BCUT2D eigenvalue weighted by atomic mass is 79.9. The monoisotopic (exact) mass is 216 g/mol. The van der Waals surface area contributed by atoms with Crippen molar-refractivity contribution < 1.29 is 0 Å². The van der Waals surface area contributed by atoms with E-state index in [1.807, 2.05) is 11.7 Å². The molecule has 4 nitrogen and oxygen atoms in total. The number of likely N-dealkylation sites (N-methyl/N-ethyl adjacent to an activating group) is 1. The zero-order valence-corrected chi connectivity index (χ0v) is 7.80. The minimum absolute atomic E-state index is 0.741. The summed E-state index contributed by atoms with van der Waals surface area (Å²) in [4.78, 5) is 2.10. The molecule has 1 aliphatic heterocycles. The van der Waals surface area contributed by atoms with E-state index in [4.69, 9.17) is 5.73 Å². The lowest BCUT2D eigenvalue weighted by molar-refractivity contribution is 0.686. The van der Waals surface area contributed by atoms with E-state index in [1.54, 1.807) is 0 Å². The second-order valence-electron chi connectivity index (χ2n) is 2.67. The summed E-state index contributed by atoms with van der Waals surface area (Å²) in [5.74, 6) is 1.02. The van der Waals surface area contributed by atoms with E-state index in [1.165, 1.54) is 0 Å². The van der Waals surface area contributed by atoms with Gasteiger partial charge in [-0.2, -0.15) is 5.10 Å². The maximum Gasteiger partial charge on any atom is 0.153 e. The minimum atomic E-state index is 0.741. The Morgan fingerprint density at radius 1 is 1.55 bits per heavy atom. The van der Waals surface area contributed by atoms with Gasteiger partial charge in [0.05, 0.1) is 6.54 Å². The van der Waals surface area contributed by atoms with Crippen molar-refractivity contribution in [2.45, 2.75) is 6.54 Å². The normalized spacial score (nSPS) is 15.6. The van der Waals surface area contributed by atoms with E-state index >= 15 is 0 Å². The first-order chi connectivity index (χ1) is 5.20. The third-order valence-electron chi connectivity index (χ3n) is 1.92. The van der Waals surface area contributed by atoms with E-state index in [2.05, 4.69) is 25.9 Å². The van der Waals surface area contributed by atoms with Crippen LogP contribution in [0.3, 0.4) is 0 Å². The molecule has 2 N–H and O–H groups in total. The number of nitrogen functional groups attached to an aromatic ring is 1. The summed E-state index contributed by atoms with van der Waals surface area (Å²) in [6.45, 7) is 1.93. The largest absolute Gasteiger partial charge is 0.393 e. The molecule has 0 saturated heterocycles. The maximum atomic E-state index is 5.77. The van der Waals surface area contributed by atoms with Crippen LogP contribution >= 0.6 is 15.9 Å². The van der Waals surface area contributed by atoms with Gasteiger partial charge in [0, 0.05) is 13.6 Å². The van der Waals surface area contributed by atoms with Crippen LogP contribution < -0.4 is 10.6 Å². The first-order valence-electron chi connectivity index (χ1n) is 3.43. The van der Waals surface area contributed by atoms with Crippen molar-refractivity contribution in [1.82, 2.24) is 9.78 Å². The minimum Gasteiger partial charge on any atom is -0.393 e. The third kappa shape index (κ3) is 0.837. The van der Waals surface area contributed by atoms with Crippen LogP contribution in [0.15, 0.2) is 4.60 Å². The molecule has 1 aromatic rings. The predicted molar refractivity (Wildman–Crippen MR) is 47.6 cm³/mol. The number of aromatic nitrogens is 2. The van der Waals surface area contributed by atoms with Gasteiger partial charge < -0.3 is 10.6 Å². The molecule has 0 unspecified atom stereocenters. The first kappa shape index (κ1) is 6.97. The Labute approximate surface area is 73.1 Å². The average Bonchev–Trinajstić information content (AvgIpc) is 2.41. The van der Waals surface area contributed by atoms with Crippen molar-refractivity contribution in [3.8, 4) is 0 Å². The highest BCUT2D eigenvalue weighted by Gasteiger charge is 2.22. The van der Waals surface area contributed by atoms with Crippen molar-refractivity contribution >= 4 is 27.4 Å². The van der Waals surface area contributed by atoms with Crippen LogP contribution in [-0.2, 0) is 6.54 Å². The summed E-state index contributed by atoms with van der Waals surface area (Å²) < 4.78 is 2.67. The smallest absolute Gasteiger partial charge is 0.153 e. The molecule has 2 heterocycles. The fourth-order valence-corrected chi connectivity index (χ4v) is 1.72. The van der Waals surface area contributed by atoms with Gasteiger partial charge in [0.1, 0.15) is 5.69 Å². The number of hydrogen-bond acceptors (Lipinski definition) is 3. The number of nitrogens with zero attached hydrogens (tertiary/aromatic N) is 3. The molecule has 0 aromatic carbocycles. The Kier molecular flexibility index (Phi) is 1.35. The summed E-state index contributed by atoms with van der Waals surface area (Å²) >= 11 is 3.29. The van der Waals surface area contributed by atoms with E-state index in [0.717, 1.165) is 29.2 Å². The number of rotatable bonds is 0. The SMILES string of the molecule is CN1CCn2nc(Br)c(N)c21. The Morgan fingerprint density at radius 2 is 2.27 bits per heavy atom. The molecule has 1 aliphatic rings. The lowest BCUT2D eigenvalue weighted by Gasteiger charge is -2.08. The number of fused-ring (bicyclic) bond motifs is 1. The molecule has 0 aliphatic carbocycles. The van der Waals surface area contributed by atoms with Crippen molar-refractivity contribution in [1.29, 1.82) is 0 Å². The van der Waals surface area contributed by atoms with Gasteiger partial charge in [-0.05, 0) is 15.9 Å². The van der Waals surface area contributed by atoms with E-state index in [0.29, 0.717) is 0 Å². The summed E-state index contributed by atoms with van der Waals surface area (Å²) in [6, 6.07) is 0. The van der Waals surface area contributed by atoms with Crippen molar-refractivity contribution in [2.24, 2.45) is 0 Å². The van der Waals surface area contributed by atoms with Crippen molar-refractivity contribution in [3.63, 3.8) is 0 Å². The Bertz CT molecular complexity index is 293. The fraction of sp³-hybridized carbons (Fsp3) is 0.500. The van der Waals surface area contributed by atoms with Gasteiger partial charge in [0.2, 0.25) is 0 Å². The number of hydrogen-bond donors (Lipinski definition) is 1. The third-order valence-corrected chi connectivity index (χ3v) is 2.51. The van der Waals surface area contributed by atoms with Gasteiger partial charge in [-0.15, -0.1) is 0 Å². The molecule has 0 fully saturated rings. The molecule has 0 saturated carbocycles. The lowest BCUT2D eigenvalue weighted by atomic mass is 10.5. The quantitative estimate of drug-likeness (QED) is 0.694. The van der Waals surface area contributed by atoms with Gasteiger partial charge in [-0.1, -0.05) is 0 Å². The predicted octanol–water partition coefficient (Wildman–Crippen LogP) is 0.678. The second-order valence-corrected chi connectivity index (χ2v) is 3.42. The Morgan fingerprint density at radius 3 is 2.91 bits per heavy atom. The number of anilines is 2. The van der Waals surface area contributed by atoms with Gasteiger partial charge in [-0.3, -0.25) is 0 Å².